The summed E-state index contributed by atoms with van der Waals surface area (Å²) in [6.45, 7) is 44.5. The SMILES string of the molecule is CC(C)COc1ccc(N(c2ccc(Br)cc2)c2ccc(OCC(C)C)cc2)cc1.CC(C)COc1ccc(N(c2ccccc2)c2ccc(OCC(C)C)cc2)cc1.CCC[CH2][Sn]([CH2]CCC)([CH2]CCC)[c]1ccc(N(c2ccc(OCC(C)C)cc2)c2ccc(OCC(C)C)cc2)cc1.Cc1ccc(OCC(C)C)cc1.Nc1ccccc1.[B]=NS. The molecule has 0 aliphatic rings. The van der Waals surface area contributed by atoms with Gasteiger partial charge in [-0.05, 0) is 194 Å². The van der Waals surface area contributed by atoms with E-state index in [4.69, 9.17) is 38.9 Å². The van der Waals surface area contributed by atoms with Crippen molar-refractivity contribution in [1.82, 2.24) is 0 Å². The van der Waals surface area contributed by atoms with Gasteiger partial charge in [0.1, 0.15) is 28.7 Å². The van der Waals surface area contributed by atoms with E-state index in [0.29, 0.717) is 54.6 Å². The molecule has 0 atom stereocenters. The molecule has 123 heavy (non-hydrogen) atoms. The molecule has 0 heterocycles. The number of hydrogen-bond acceptors (Lipinski definition) is 13. The Morgan fingerprint density at radius 1 is 0.301 bits per heavy atom. The molecule has 11 rings (SSSR count). The van der Waals surface area contributed by atoms with Gasteiger partial charge in [-0.15, -0.1) is 0 Å². The number of rotatable bonds is 40. The van der Waals surface area contributed by atoms with Crippen molar-refractivity contribution in [1.29, 1.82) is 0 Å². The molecular weight excluding hydrogens is 1710 g/mol. The Morgan fingerprint density at radius 3 is 0.683 bits per heavy atom. The second kappa shape index (κ2) is 57.3. The number of nitrogen functional groups attached to an aromatic ring is 1. The molecule has 0 aromatic heterocycles. The van der Waals surface area contributed by atoms with Gasteiger partial charge < -0.3 is 39.2 Å². The van der Waals surface area contributed by atoms with Crippen molar-refractivity contribution in [3.05, 3.63) is 289 Å². The van der Waals surface area contributed by atoms with Crippen molar-refractivity contribution in [3.8, 4) is 40.2 Å². The number of aryl methyl sites for hydroxylation is 1. The fourth-order valence-corrected chi connectivity index (χ4v) is 29.1. The van der Waals surface area contributed by atoms with E-state index in [1.54, 1.807) is 3.58 Å². The predicted molar refractivity (Wildman–Crippen MR) is 537 cm³/mol. The maximum absolute atomic E-state index is 6.00. The first-order chi connectivity index (χ1) is 59.2. The number of nitrogens with two attached hydrogens (primary N) is 1. The van der Waals surface area contributed by atoms with E-state index >= 15 is 0 Å². The summed E-state index contributed by atoms with van der Waals surface area (Å²) in [5, 5.41) is 0. The number of unbranched alkanes of at least 4 members (excludes halogenated alkanes) is 3. The summed E-state index contributed by atoms with van der Waals surface area (Å²) in [7, 11) is 4.34. The van der Waals surface area contributed by atoms with Gasteiger partial charge in [-0.1, -0.05) is 167 Å². The van der Waals surface area contributed by atoms with Crippen molar-refractivity contribution < 1.29 is 33.2 Å². The summed E-state index contributed by atoms with van der Waals surface area (Å²) in [5.41, 5.74) is 17.4. The van der Waals surface area contributed by atoms with Crippen molar-refractivity contribution in [2.45, 2.75) is 176 Å². The molecule has 11 aromatic carbocycles. The Balaban J connectivity index is 0.000000256. The van der Waals surface area contributed by atoms with Gasteiger partial charge in [-0.25, -0.2) is 0 Å². The van der Waals surface area contributed by atoms with E-state index < -0.39 is 18.4 Å². The van der Waals surface area contributed by atoms with Gasteiger partial charge in [0.05, 0.1) is 33.0 Å². The number of benzene rings is 11. The second-order valence-electron chi connectivity index (χ2n) is 34.2. The van der Waals surface area contributed by atoms with Gasteiger partial charge in [-0.2, -0.15) is 0 Å². The minimum atomic E-state index is -2.49. The number of hydrogen-bond donors (Lipinski definition) is 2. The number of halogens is 1. The molecule has 0 unspecified atom stereocenters. The summed E-state index contributed by atoms with van der Waals surface area (Å²) in [6, 6.07) is 96.3. The standard InChI is InChI=1S/C26H30BrNO2.C26H31NO2.C26H30NO2.C11H16O.C6H7N.3C4H9.BHNS.Sn/c1-19(2)17-29-25-13-9-23(10-14-25)28(22-7-5-21(27)6-8-22)24-11-15-26(16-12-24)30-18-20(3)4;2*1-20(2)18-28-25-14-10-23(11-15-25)27(22-8-6-5-7-9-22)24-12-16-26(17-13-24)29-19-21(3)4;1-9(2)8-12-11-6-4-10(3)5-7-11;7-6-4-2-1-3-5-6;3*1-3-4-2;1-2-3;/h5-16,19-20H,17-18H2,1-4H3;5-17,20-21H,18-19H2,1-4H3;6-17,20-21H,18-19H2,1-4H3;4-7,9H,8H2,1-3H3;1-5H,7H2;3*1,3-4H2,2H3;3H;. The third kappa shape index (κ3) is 38.8. The first-order valence-electron chi connectivity index (χ1n) is 44.5. The number of ether oxygens (including phenoxy) is 7. The maximum atomic E-state index is 6.00. The fourth-order valence-electron chi connectivity index (χ4n) is 12.9. The van der Waals surface area contributed by atoms with Crippen LogP contribution in [0.4, 0.5) is 56.9 Å². The van der Waals surface area contributed by atoms with Crippen LogP contribution in [0.25, 0.3) is 0 Å². The monoisotopic (exact) mass is 1850 g/mol. The number of anilines is 10. The summed E-state index contributed by atoms with van der Waals surface area (Å²) in [4.78, 5) is 6.83. The van der Waals surface area contributed by atoms with E-state index in [2.05, 4.69) is 362 Å². The molecule has 0 aliphatic heterocycles. The molecule has 0 amide bonds. The Hall–Kier alpha value is -9.29. The zero-order chi connectivity index (χ0) is 89.3. The van der Waals surface area contributed by atoms with Crippen molar-refractivity contribution in [2.75, 3.05) is 66.7 Å². The Bertz CT molecular complexity index is 4380. The molecule has 0 fully saturated rings. The third-order valence-corrected chi connectivity index (χ3v) is 35.5. The van der Waals surface area contributed by atoms with Crippen LogP contribution >= 0.6 is 28.7 Å². The number of thiol groups is 1. The molecule has 0 saturated heterocycles. The molecule has 16 heteroatoms. The summed E-state index contributed by atoms with van der Waals surface area (Å²) in [5.74, 6) is 9.98. The molecule has 0 bridgehead atoms. The first kappa shape index (κ1) is 103. The second-order valence-corrected chi connectivity index (χ2v) is 48.6. The fraction of sp³-hybridized carbons (Fsp3) is 0.383. The zero-order valence-electron chi connectivity index (χ0n) is 77.0. The van der Waals surface area contributed by atoms with Crippen LogP contribution in [-0.4, -0.2) is 72.3 Å². The summed E-state index contributed by atoms with van der Waals surface area (Å²) < 4.78 is 50.8. The molecule has 0 aliphatic carbocycles. The van der Waals surface area contributed by atoms with Crippen LogP contribution in [-0.2, 0) is 0 Å². The average Bonchev–Trinajstić information content (AvgIpc) is 0.808. The average molecular weight is 1850 g/mol. The van der Waals surface area contributed by atoms with Gasteiger partial charge in [0, 0.05) is 44.3 Å². The van der Waals surface area contributed by atoms with Crippen LogP contribution in [0.1, 0.15) is 162 Å². The van der Waals surface area contributed by atoms with Gasteiger partial charge in [0.25, 0.3) is 0 Å². The molecule has 1 radical (unpaired) electrons. The van der Waals surface area contributed by atoms with Gasteiger partial charge in [0.2, 0.25) is 0 Å². The topological polar surface area (TPSA) is 113 Å². The predicted octanol–water partition coefficient (Wildman–Crippen LogP) is 31.0. The number of nitrogens with zero attached hydrogens (tertiary/aromatic N) is 4. The Labute approximate surface area is 760 Å². The molecule has 657 valence electrons. The van der Waals surface area contributed by atoms with Gasteiger partial charge >= 0.3 is 260 Å². The van der Waals surface area contributed by atoms with E-state index in [-0.39, 0.29) is 0 Å². The van der Waals surface area contributed by atoms with Crippen molar-refractivity contribution >= 4 is 115 Å². The van der Waals surface area contributed by atoms with Crippen LogP contribution < -0.4 is 57.2 Å². The summed E-state index contributed by atoms with van der Waals surface area (Å²) in [6.07, 6.45) is 8.05. The van der Waals surface area contributed by atoms with Gasteiger partial charge in [0.15, 0.2) is 0 Å². The molecule has 12 nitrogen and oxygen atoms in total. The van der Waals surface area contributed by atoms with Crippen LogP contribution in [0.3, 0.4) is 0 Å². The number of para-hydroxylation sites is 2. The van der Waals surface area contributed by atoms with Gasteiger partial charge in [-0.3, -0.25) is 0 Å². The molecule has 11 aromatic rings. The van der Waals surface area contributed by atoms with Crippen molar-refractivity contribution in [3.63, 3.8) is 0 Å². The third-order valence-electron chi connectivity index (χ3n) is 19.3. The van der Waals surface area contributed by atoms with E-state index in [0.717, 1.165) is 129 Å². The van der Waals surface area contributed by atoms with Crippen LogP contribution in [0.15, 0.2) is 288 Å². The van der Waals surface area contributed by atoms with Crippen molar-refractivity contribution in [2.24, 2.45) is 45.7 Å². The molecule has 0 spiro atoms. The molecular formula is C107H142BBrN5O7SSn. The molecule has 0 saturated carbocycles. The minimum absolute atomic E-state index is 0.500. The quantitative estimate of drug-likeness (QED) is 0.0217. The Kier molecular flexibility index (Phi) is 47.7. The normalized spacial score (nSPS) is 10.9. The van der Waals surface area contributed by atoms with Crippen LogP contribution in [0.2, 0.25) is 13.3 Å². The van der Waals surface area contributed by atoms with E-state index in [1.807, 2.05) is 97.1 Å². The first-order valence-corrected chi connectivity index (χ1v) is 53.2. The van der Waals surface area contributed by atoms with Crippen LogP contribution in [0, 0.1) is 48.3 Å². The van der Waals surface area contributed by atoms with E-state index in [1.165, 1.54) is 63.1 Å². The zero-order valence-corrected chi connectivity index (χ0v) is 82.4. The van der Waals surface area contributed by atoms with Crippen LogP contribution in [0.5, 0.6) is 40.2 Å². The summed E-state index contributed by atoms with van der Waals surface area (Å²) >= 11 is 4.23. The molecule has 2 N–H and O–H groups in total. The Morgan fingerprint density at radius 2 is 0.488 bits per heavy atom. The van der Waals surface area contributed by atoms with E-state index in [9.17, 15) is 0 Å².